The molecule has 4 heteroatoms. The Bertz CT molecular complexity index is 3730. The fourth-order valence-electron chi connectivity index (χ4n) is 11.4. The Balaban J connectivity index is 0.907. The Morgan fingerprint density at radius 1 is 0.359 bits per heavy atom. The molecule has 2 aliphatic carbocycles. The zero-order chi connectivity index (χ0) is 42.9. The van der Waals surface area contributed by atoms with Gasteiger partial charge in [-0.25, -0.2) is 9.97 Å². The standard InChI is InChI=1S/C60H44N4/c1-59(2)54-48-36-42(38-25-29-40(30-26-38)58-62-50-20-12-14-22-52(50)64(58)44-17-9-6-10-18-44)32-34-46(48)45-33-31-41(35-47(45)53(54)55-56(59)60(55,3)4)37-23-27-39(28-24-37)57-61-49-19-11-13-21-51(49)63(57)43-15-7-5-8-16-43/h5-36H,1-4H3. The van der Waals surface area contributed by atoms with Crippen LogP contribution in [0.4, 0.5) is 0 Å². The van der Waals surface area contributed by atoms with Crippen LogP contribution >= 0.6 is 0 Å². The van der Waals surface area contributed by atoms with E-state index in [4.69, 9.17) is 9.97 Å². The van der Waals surface area contributed by atoms with Gasteiger partial charge in [0.15, 0.2) is 0 Å². The lowest BCUT2D eigenvalue weighted by molar-refractivity contribution is 0.546. The smallest absolute Gasteiger partial charge is 0.145 e. The third-order valence-electron chi connectivity index (χ3n) is 14.2. The minimum atomic E-state index is -0.0819. The summed E-state index contributed by atoms with van der Waals surface area (Å²) < 4.78 is 4.54. The fraction of sp³-hybridized carbons (Fsp3) is 0.100. The van der Waals surface area contributed by atoms with E-state index in [-0.39, 0.29) is 10.8 Å². The first-order valence-electron chi connectivity index (χ1n) is 22.3. The average molecular weight is 821 g/mol. The fourth-order valence-corrected chi connectivity index (χ4v) is 11.4. The molecule has 0 atom stereocenters. The van der Waals surface area contributed by atoms with Crippen molar-refractivity contribution in [3.63, 3.8) is 0 Å². The molecule has 64 heavy (non-hydrogen) atoms. The van der Waals surface area contributed by atoms with Crippen molar-refractivity contribution in [2.75, 3.05) is 0 Å². The summed E-state index contributed by atoms with van der Waals surface area (Å²) in [7, 11) is 0. The first-order chi connectivity index (χ1) is 31.3. The number of nitrogens with zero attached hydrogens (tertiary/aromatic N) is 4. The second kappa shape index (κ2) is 13.3. The van der Waals surface area contributed by atoms with Gasteiger partial charge in [-0.15, -0.1) is 0 Å². The van der Waals surface area contributed by atoms with Crippen molar-refractivity contribution in [2.24, 2.45) is 5.41 Å². The second-order valence-corrected chi connectivity index (χ2v) is 18.6. The van der Waals surface area contributed by atoms with Crippen LogP contribution in [0.25, 0.3) is 106 Å². The molecule has 2 aliphatic rings. The maximum Gasteiger partial charge on any atom is 0.145 e. The molecule has 0 saturated heterocycles. The highest BCUT2D eigenvalue weighted by Gasteiger charge is 2.59. The van der Waals surface area contributed by atoms with Crippen molar-refractivity contribution in [2.45, 2.75) is 33.1 Å². The predicted molar refractivity (Wildman–Crippen MR) is 266 cm³/mol. The van der Waals surface area contributed by atoms with Crippen molar-refractivity contribution in [3.05, 3.63) is 211 Å². The number of hydrogen-bond acceptors (Lipinski definition) is 2. The zero-order valence-electron chi connectivity index (χ0n) is 36.3. The molecule has 0 aliphatic heterocycles. The zero-order valence-corrected chi connectivity index (χ0v) is 36.3. The van der Waals surface area contributed by atoms with Crippen molar-refractivity contribution in [1.82, 2.24) is 19.1 Å². The van der Waals surface area contributed by atoms with Crippen LogP contribution in [0.1, 0.15) is 38.8 Å². The summed E-state index contributed by atoms with van der Waals surface area (Å²) in [5.74, 6) is 1.89. The van der Waals surface area contributed by atoms with Crippen LogP contribution in [0.15, 0.2) is 200 Å². The van der Waals surface area contributed by atoms with Gasteiger partial charge >= 0.3 is 0 Å². The normalized spacial score (nSPS) is 14.8. The molecule has 9 aromatic carbocycles. The maximum absolute atomic E-state index is 5.13. The summed E-state index contributed by atoms with van der Waals surface area (Å²) in [5.41, 5.74) is 19.4. The van der Waals surface area contributed by atoms with Gasteiger partial charge in [-0.2, -0.15) is 0 Å². The van der Waals surface area contributed by atoms with Gasteiger partial charge in [-0.05, 0) is 127 Å². The van der Waals surface area contributed by atoms with E-state index in [2.05, 4.69) is 231 Å². The number of rotatable bonds is 6. The molecule has 0 fully saturated rings. The van der Waals surface area contributed by atoms with Crippen LogP contribution in [-0.4, -0.2) is 19.1 Å². The van der Waals surface area contributed by atoms with Gasteiger partial charge in [0.05, 0.1) is 22.1 Å². The monoisotopic (exact) mass is 820 g/mol. The largest absolute Gasteiger partial charge is 0.292 e. The van der Waals surface area contributed by atoms with Crippen LogP contribution in [0.2, 0.25) is 0 Å². The number of benzene rings is 9. The van der Waals surface area contributed by atoms with Crippen LogP contribution in [0.3, 0.4) is 0 Å². The molecular formula is C60H44N4. The summed E-state index contributed by atoms with van der Waals surface area (Å²) in [4.78, 5) is 10.3. The lowest BCUT2D eigenvalue weighted by atomic mass is 9.71. The van der Waals surface area contributed by atoms with Gasteiger partial charge in [0.1, 0.15) is 11.6 Å². The lowest BCUT2D eigenvalue weighted by Gasteiger charge is -2.32. The summed E-state index contributed by atoms with van der Waals surface area (Å²) >= 11 is 0. The third-order valence-corrected chi connectivity index (χ3v) is 14.2. The van der Waals surface area contributed by atoms with E-state index in [1.165, 1.54) is 60.5 Å². The van der Waals surface area contributed by atoms with E-state index >= 15 is 0 Å². The van der Waals surface area contributed by atoms with E-state index in [9.17, 15) is 0 Å². The Kier molecular flexibility index (Phi) is 7.67. The minimum absolute atomic E-state index is 0.0819. The molecule has 0 N–H and O–H groups in total. The second-order valence-electron chi connectivity index (χ2n) is 18.6. The lowest BCUT2D eigenvalue weighted by Crippen LogP contribution is -2.22. The van der Waals surface area contributed by atoms with Gasteiger partial charge in [-0.3, -0.25) is 9.13 Å². The minimum Gasteiger partial charge on any atom is -0.292 e. The number of imidazole rings is 2. The molecule has 2 heterocycles. The molecule has 0 bridgehead atoms. The van der Waals surface area contributed by atoms with Crippen LogP contribution in [-0.2, 0) is 5.41 Å². The Morgan fingerprint density at radius 3 is 1.27 bits per heavy atom. The molecule has 304 valence electrons. The Labute approximate surface area is 372 Å². The first kappa shape index (κ1) is 36.8. The molecular weight excluding hydrogens is 777 g/mol. The third kappa shape index (κ3) is 5.29. The molecule has 2 aromatic heterocycles. The first-order valence-corrected chi connectivity index (χ1v) is 22.3. The van der Waals surface area contributed by atoms with Gasteiger partial charge < -0.3 is 0 Å². The molecule has 11 aromatic rings. The Hall–Kier alpha value is -7.82. The van der Waals surface area contributed by atoms with Crippen molar-refractivity contribution >= 4 is 49.2 Å². The van der Waals surface area contributed by atoms with Crippen LogP contribution in [0, 0.1) is 5.41 Å². The van der Waals surface area contributed by atoms with Crippen LogP contribution < -0.4 is 0 Å². The van der Waals surface area contributed by atoms with Gasteiger partial charge in [0, 0.05) is 33.3 Å². The van der Waals surface area contributed by atoms with Crippen LogP contribution in [0.5, 0.6) is 0 Å². The molecule has 0 unspecified atom stereocenters. The number of para-hydroxylation sites is 6. The SMILES string of the molecule is CC1(C)C2=C1C(C)(C)c1c2c2cc(-c3ccc(-c4nc5ccccc5n4-c4ccccc4)cc3)ccc2c2ccc(-c3ccc(-c4nc5ccccc5n4-c4ccccc4)cc3)cc12. The summed E-state index contributed by atoms with van der Waals surface area (Å²) in [6.07, 6.45) is 0. The average Bonchev–Trinajstić information content (AvgIpc) is 3.64. The highest BCUT2D eigenvalue weighted by Crippen LogP contribution is 2.72. The van der Waals surface area contributed by atoms with Crippen molar-refractivity contribution < 1.29 is 0 Å². The highest BCUT2D eigenvalue weighted by atomic mass is 15.1. The molecule has 4 nitrogen and oxygen atoms in total. The molecule has 13 rings (SSSR count). The van der Waals surface area contributed by atoms with Crippen molar-refractivity contribution in [1.29, 1.82) is 0 Å². The summed E-state index contributed by atoms with van der Waals surface area (Å²) in [6, 6.07) is 70.1. The Morgan fingerprint density at radius 2 is 0.766 bits per heavy atom. The molecule has 0 spiro atoms. The maximum atomic E-state index is 5.13. The molecule has 0 radical (unpaired) electrons. The van der Waals surface area contributed by atoms with E-state index in [0.717, 1.165) is 56.2 Å². The van der Waals surface area contributed by atoms with Gasteiger partial charge in [0.2, 0.25) is 0 Å². The van der Waals surface area contributed by atoms with E-state index < -0.39 is 0 Å². The topological polar surface area (TPSA) is 35.6 Å². The number of allylic oxidation sites excluding steroid dienone is 2. The molecule has 0 saturated carbocycles. The van der Waals surface area contributed by atoms with Gasteiger partial charge in [0.25, 0.3) is 0 Å². The van der Waals surface area contributed by atoms with E-state index in [1.807, 2.05) is 0 Å². The summed E-state index contributed by atoms with van der Waals surface area (Å²) in [5, 5.41) is 5.30. The predicted octanol–water partition coefficient (Wildman–Crippen LogP) is 15.4. The summed E-state index contributed by atoms with van der Waals surface area (Å²) in [6.45, 7) is 9.71. The van der Waals surface area contributed by atoms with Gasteiger partial charge in [-0.1, -0.05) is 161 Å². The number of hydrogen-bond donors (Lipinski definition) is 0. The van der Waals surface area contributed by atoms with E-state index in [0.29, 0.717) is 0 Å². The van der Waals surface area contributed by atoms with Crippen molar-refractivity contribution in [3.8, 4) is 56.4 Å². The highest BCUT2D eigenvalue weighted by molar-refractivity contribution is 6.20. The number of aromatic nitrogens is 4. The quantitative estimate of drug-likeness (QED) is 0.157. The number of fused-ring (bicyclic) bond motifs is 9. The van der Waals surface area contributed by atoms with E-state index in [1.54, 1.807) is 5.57 Å². The molecule has 0 amide bonds.